The van der Waals surface area contributed by atoms with Gasteiger partial charge in [0.25, 0.3) is 0 Å². The number of rotatable bonds is 10. The van der Waals surface area contributed by atoms with Crippen molar-refractivity contribution in [2.75, 3.05) is 30.4 Å². The van der Waals surface area contributed by atoms with E-state index in [0.29, 0.717) is 24.8 Å². The van der Waals surface area contributed by atoms with Crippen LogP contribution in [0.1, 0.15) is 35.0 Å². The Balaban J connectivity index is 1.54. The van der Waals surface area contributed by atoms with Gasteiger partial charge in [0.2, 0.25) is 5.95 Å². The number of benzene rings is 2. The van der Waals surface area contributed by atoms with Crippen LogP contribution in [0, 0.1) is 6.92 Å². The van der Waals surface area contributed by atoms with E-state index < -0.39 is 0 Å². The fraction of sp³-hybridized carbons (Fsp3) is 0.241. The molecule has 1 N–H and O–H groups in total. The SMILES string of the molecule is C=CCOc1cc(Nc2nc3c(c(N(C)CC=C)n2)CCC3c2ccccc2)ccc1-n1ncnc1C. The molecule has 0 saturated heterocycles. The monoisotopic (exact) mass is 493 g/mol. The smallest absolute Gasteiger partial charge is 0.229 e. The number of anilines is 3. The molecule has 2 aromatic carbocycles. The zero-order chi connectivity index (χ0) is 25.8. The molecule has 0 fully saturated rings. The van der Waals surface area contributed by atoms with E-state index in [1.54, 1.807) is 10.8 Å². The number of nitrogens with zero attached hydrogens (tertiary/aromatic N) is 6. The minimum atomic E-state index is 0.236. The third-order valence-corrected chi connectivity index (χ3v) is 6.52. The first-order valence-electron chi connectivity index (χ1n) is 12.4. The lowest BCUT2D eigenvalue weighted by Gasteiger charge is -2.21. The second kappa shape index (κ2) is 10.7. The van der Waals surface area contributed by atoms with Gasteiger partial charge in [0, 0.05) is 36.8 Å². The molecule has 1 atom stereocenters. The predicted octanol–water partition coefficient (Wildman–Crippen LogP) is 5.37. The fourth-order valence-electron chi connectivity index (χ4n) is 4.80. The Labute approximate surface area is 217 Å². The van der Waals surface area contributed by atoms with Crippen LogP contribution in [0.2, 0.25) is 0 Å². The van der Waals surface area contributed by atoms with Crippen molar-refractivity contribution in [3.63, 3.8) is 0 Å². The Morgan fingerprint density at radius 2 is 1.97 bits per heavy atom. The number of fused-ring (bicyclic) bond motifs is 1. The lowest BCUT2D eigenvalue weighted by Crippen LogP contribution is -2.21. The third-order valence-electron chi connectivity index (χ3n) is 6.52. The summed E-state index contributed by atoms with van der Waals surface area (Å²) >= 11 is 0. The summed E-state index contributed by atoms with van der Waals surface area (Å²) in [5.74, 6) is 3.15. The van der Waals surface area contributed by atoms with E-state index in [4.69, 9.17) is 14.7 Å². The summed E-state index contributed by atoms with van der Waals surface area (Å²) in [4.78, 5) is 16.3. The van der Waals surface area contributed by atoms with Crippen LogP contribution in [-0.4, -0.2) is 44.9 Å². The number of ether oxygens (including phenoxy) is 1. The van der Waals surface area contributed by atoms with Crippen molar-refractivity contribution in [2.24, 2.45) is 0 Å². The number of likely N-dealkylation sites (N-methyl/N-ethyl adjacent to an activating group) is 1. The van der Waals surface area contributed by atoms with Crippen LogP contribution in [0.25, 0.3) is 5.69 Å². The Hall–Kier alpha value is -4.46. The topological polar surface area (TPSA) is 81.0 Å². The summed E-state index contributed by atoms with van der Waals surface area (Å²) in [6, 6.07) is 16.4. The zero-order valence-corrected chi connectivity index (χ0v) is 21.3. The molecule has 0 radical (unpaired) electrons. The predicted molar refractivity (Wildman–Crippen MR) is 147 cm³/mol. The number of nitrogens with one attached hydrogen (secondary N) is 1. The van der Waals surface area contributed by atoms with Crippen LogP contribution in [0.5, 0.6) is 5.75 Å². The zero-order valence-electron chi connectivity index (χ0n) is 21.3. The highest BCUT2D eigenvalue weighted by Crippen LogP contribution is 2.41. The molecular weight excluding hydrogens is 462 g/mol. The van der Waals surface area contributed by atoms with E-state index in [9.17, 15) is 0 Å². The van der Waals surface area contributed by atoms with Gasteiger partial charge in [-0.3, -0.25) is 0 Å². The van der Waals surface area contributed by atoms with Crippen molar-refractivity contribution in [2.45, 2.75) is 25.7 Å². The standard InChI is InChI=1S/C29H31N7O/c1-5-16-35(4)28-24-14-13-23(21-10-8-7-9-11-21)27(24)33-29(34-28)32-22-12-15-25(26(18-22)37-17-6-2)36-20(3)30-19-31-36/h5-12,15,18-19,23H,1-2,13-14,16-17H2,3-4H3,(H,32,33,34). The molecule has 8 nitrogen and oxygen atoms in total. The summed E-state index contributed by atoms with van der Waals surface area (Å²) in [6.45, 7) is 10.7. The van der Waals surface area contributed by atoms with Gasteiger partial charge in [0.1, 0.15) is 36.0 Å². The first kappa shape index (κ1) is 24.2. The Morgan fingerprint density at radius 3 is 2.70 bits per heavy atom. The van der Waals surface area contributed by atoms with E-state index in [1.165, 1.54) is 17.5 Å². The lowest BCUT2D eigenvalue weighted by atomic mass is 9.97. The van der Waals surface area contributed by atoms with Crippen LogP contribution in [0.15, 0.2) is 80.2 Å². The van der Waals surface area contributed by atoms with Crippen LogP contribution < -0.4 is 15.0 Å². The van der Waals surface area contributed by atoms with Gasteiger partial charge in [0.15, 0.2) is 0 Å². The maximum Gasteiger partial charge on any atom is 0.229 e. The maximum atomic E-state index is 5.98. The molecule has 5 rings (SSSR count). The highest BCUT2D eigenvalue weighted by molar-refractivity contribution is 5.64. The molecule has 1 aliphatic carbocycles. The summed E-state index contributed by atoms with van der Waals surface area (Å²) in [7, 11) is 2.04. The molecule has 37 heavy (non-hydrogen) atoms. The fourth-order valence-corrected chi connectivity index (χ4v) is 4.80. The maximum absolute atomic E-state index is 5.98. The highest BCUT2D eigenvalue weighted by atomic mass is 16.5. The third kappa shape index (κ3) is 4.95. The van der Waals surface area contributed by atoms with E-state index in [2.05, 4.69) is 57.7 Å². The minimum absolute atomic E-state index is 0.236. The number of hydrogen-bond acceptors (Lipinski definition) is 7. The molecular formula is C29H31N7O. The normalized spacial score (nSPS) is 14.2. The molecule has 0 aliphatic heterocycles. The minimum Gasteiger partial charge on any atom is -0.487 e. The molecule has 0 saturated carbocycles. The van der Waals surface area contributed by atoms with Crippen LogP contribution >= 0.6 is 0 Å². The van der Waals surface area contributed by atoms with Gasteiger partial charge in [0.05, 0.1) is 5.69 Å². The van der Waals surface area contributed by atoms with Gasteiger partial charge in [-0.05, 0) is 37.5 Å². The molecule has 2 heterocycles. The van der Waals surface area contributed by atoms with Crippen molar-refractivity contribution < 1.29 is 4.74 Å². The molecule has 0 spiro atoms. The van der Waals surface area contributed by atoms with Gasteiger partial charge in [-0.2, -0.15) is 10.1 Å². The van der Waals surface area contributed by atoms with Crippen LogP contribution in [0.3, 0.4) is 0 Å². The van der Waals surface area contributed by atoms with Gasteiger partial charge in [-0.15, -0.1) is 6.58 Å². The second-order valence-corrected chi connectivity index (χ2v) is 9.03. The molecule has 188 valence electrons. The average Bonchev–Trinajstić information content (AvgIpc) is 3.54. The molecule has 8 heteroatoms. The summed E-state index contributed by atoms with van der Waals surface area (Å²) in [6.07, 6.45) is 7.09. The van der Waals surface area contributed by atoms with Crippen molar-refractivity contribution >= 4 is 17.5 Å². The number of hydrogen-bond donors (Lipinski definition) is 1. The second-order valence-electron chi connectivity index (χ2n) is 9.03. The Morgan fingerprint density at radius 1 is 1.14 bits per heavy atom. The van der Waals surface area contributed by atoms with Crippen molar-refractivity contribution in [1.82, 2.24) is 24.7 Å². The van der Waals surface area contributed by atoms with Crippen molar-refractivity contribution in [3.8, 4) is 11.4 Å². The Bertz CT molecular complexity index is 1410. The molecule has 0 bridgehead atoms. The van der Waals surface area contributed by atoms with Crippen molar-refractivity contribution in [3.05, 3.63) is 103 Å². The molecule has 0 amide bonds. The highest BCUT2D eigenvalue weighted by Gasteiger charge is 2.30. The summed E-state index contributed by atoms with van der Waals surface area (Å²) < 4.78 is 7.73. The quantitative estimate of drug-likeness (QED) is 0.297. The van der Waals surface area contributed by atoms with E-state index >= 15 is 0 Å². The first-order valence-corrected chi connectivity index (χ1v) is 12.4. The van der Waals surface area contributed by atoms with Crippen LogP contribution in [0.4, 0.5) is 17.5 Å². The van der Waals surface area contributed by atoms with Crippen LogP contribution in [-0.2, 0) is 6.42 Å². The molecule has 1 unspecified atom stereocenters. The lowest BCUT2D eigenvalue weighted by molar-refractivity contribution is 0.361. The summed E-state index contributed by atoms with van der Waals surface area (Å²) in [5.41, 5.74) is 5.17. The van der Waals surface area contributed by atoms with Gasteiger partial charge >= 0.3 is 0 Å². The molecule has 1 aliphatic rings. The van der Waals surface area contributed by atoms with Gasteiger partial charge in [-0.25, -0.2) is 14.6 Å². The molecule has 4 aromatic rings. The van der Waals surface area contributed by atoms with Gasteiger partial charge < -0.3 is 15.0 Å². The number of aryl methyl sites for hydroxylation is 1. The molecule has 2 aromatic heterocycles. The van der Waals surface area contributed by atoms with E-state index in [1.807, 2.05) is 44.3 Å². The largest absolute Gasteiger partial charge is 0.487 e. The van der Waals surface area contributed by atoms with Crippen molar-refractivity contribution in [1.29, 1.82) is 0 Å². The average molecular weight is 494 g/mol. The number of aromatic nitrogens is 5. The van der Waals surface area contributed by atoms with Gasteiger partial charge in [-0.1, -0.05) is 49.1 Å². The van der Waals surface area contributed by atoms with E-state index in [0.717, 1.165) is 41.6 Å². The Kier molecular flexibility index (Phi) is 6.98. The van der Waals surface area contributed by atoms with E-state index in [-0.39, 0.29) is 5.92 Å². The first-order chi connectivity index (χ1) is 18.1. The summed E-state index contributed by atoms with van der Waals surface area (Å²) in [5, 5.41) is 7.76.